The Morgan fingerprint density at radius 3 is 3.10 bits per heavy atom. The van der Waals surface area contributed by atoms with Crippen molar-refractivity contribution in [3.63, 3.8) is 0 Å². The van der Waals surface area contributed by atoms with Gasteiger partial charge in [0.15, 0.2) is 0 Å². The number of hydrogen-bond acceptors (Lipinski definition) is 4. The lowest BCUT2D eigenvalue weighted by Gasteiger charge is -2.17. The largest absolute Gasteiger partial charge is 0.359 e. The first-order valence-electron chi connectivity index (χ1n) is 7.32. The molecule has 3 rings (SSSR count). The van der Waals surface area contributed by atoms with Crippen LogP contribution in [0.15, 0.2) is 4.79 Å². The molecule has 2 heterocycles. The number of hydrogen-bond donors (Lipinski definition) is 2. The van der Waals surface area contributed by atoms with E-state index in [4.69, 9.17) is 0 Å². The number of nitrogens with zero attached hydrogens (tertiary/aromatic N) is 1. The predicted molar refractivity (Wildman–Crippen MR) is 83.8 cm³/mol. The summed E-state index contributed by atoms with van der Waals surface area (Å²) in [5, 5.41) is 3.34. The molecule has 0 radical (unpaired) electrons. The van der Waals surface area contributed by atoms with Gasteiger partial charge in [-0.15, -0.1) is 11.3 Å². The van der Waals surface area contributed by atoms with Gasteiger partial charge in [-0.3, -0.25) is 9.59 Å². The highest BCUT2D eigenvalue weighted by Crippen LogP contribution is 2.35. The summed E-state index contributed by atoms with van der Waals surface area (Å²) >= 11 is 1.64. The van der Waals surface area contributed by atoms with Gasteiger partial charge in [0.25, 0.3) is 5.56 Å². The van der Waals surface area contributed by atoms with Crippen molar-refractivity contribution in [2.45, 2.75) is 39.0 Å². The third-order valence-electron chi connectivity index (χ3n) is 4.08. The smallest absolute Gasteiger partial charge is 0.259 e. The van der Waals surface area contributed by atoms with Crippen LogP contribution in [0.4, 0.5) is 0 Å². The molecular weight excluding hydrogens is 286 g/mol. The molecule has 1 atom stereocenters. The van der Waals surface area contributed by atoms with Crippen LogP contribution in [0.5, 0.6) is 0 Å². The Hall–Kier alpha value is -1.69. The zero-order valence-electron chi connectivity index (χ0n) is 12.3. The highest BCUT2D eigenvalue weighted by molar-refractivity contribution is 7.18. The molecule has 112 valence electrons. The van der Waals surface area contributed by atoms with Crippen molar-refractivity contribution >= 4 is 27.5 Å². The van der Waals surface area contributed by atoms with Crippen LogP contribution in [0.3, 0.4) is 0 Å². The molecule has 0 unspecified atom stereocenters. The van der Waals surface area contributed by atoms with Gasteiger partial charge in [-0.1, -0.05) is 6.92 Å². The number of aryl methyl sites for hydroxylation is 2. The van der Waals surface area contributed by atoms with Gasteiger partial charge in [0.1, 0.15) is 10.7 Å². The fourth-order valence-electron chi connectivity index (χ4n) is 2.87. The molecule has 1 aliphatic rings. The summed E-state index contributed by atoms with van der Waals surface area (Å²) < 4.78 is 0. The monoisotopic (exact) mass is 305 g/mol. The second-order valence-electron chi connectivity index (χ2n) is 5.72. The molecule has 0 aliphatic heterocycles. The van der Waals surface area contributed by atoms with Crippen LogP contribution in [0.25, 0.3) is 10.2 Å². The van der Waals surface area contributed by atoms with E-state index in [9.17, 15) is 9.59 Å². The highest BCUT2D eigenvalue weighted by atomic mass is 32.1. The number of thiophene rings is 1. The third kappa shape index (κ3) is 2.72. The SMILES string of the molecule is CNC(=O)CCc1nc2sc3c(c2c(=O)[nH]1)CC[C@@H](C)C3. The Morgan fingerprint density at radius 2 is 2.33 bits per heavy atom. The van der Waals surface area contributed by atoms with Crippen molar-refractivity contribution in [3.8, 4) is 0 Å². The van der Waals surface area contributed by atoms with Gasteiger partial charge in [-0.05, 0) is 30.7 Å². The van der Waals surface area contributed by atoms with E-state index in [-0.39, 0.29) is 11.5 Å². The minimum atomic E-state index is -0.0565. The first-order chi connectivity index (χ1) is 10.1. The van der Waals surface area contributed by atoms with Crippen molar-refractivity contribution in [2.24, 2.45) is 5.92 Å². The van der Waals surface area contributed by atoms with Crippen molar-refractivity contribution in [1.29, 1.82) is 0 Å². The van der Waals surface area contributed by atoms with E-state index in [2.05, 4.69) is 22.2 Å². The minimum absolute atomic E-state index is 0.0444. The summed E-state index contributed by atoms with van der Waals surface area (Å²) in [5.74, 6) is 1.23. The highest BCUT2D eigenvalue weighted by Gasteiger charge is 2.22. The number of nitrogens with one attached hydrogen (secondary N) is 2. The van der Waals surface area contributed by atoms with Gasteiger partial charge in [-0.2, -0.15) is 0 Å². The van der Waals surface area contributed by atoms with E-state index < -0.39 is 0 Å². The molecule has 5 nitrogen and oxygen atoms in total. The van der Waals surface area contributed by atoms with Gasteiger partial charge in [0.05, 0.1) is 5.39 Å². The molecule has 2 aromatic heterocycles. The van der Waals surface area contributed by atoms with E-state index in [1.165, 1.54) is 10.4 Å². The fourth-order valence-corrected chi connectivity index (χ4v) is 4.27. The molecule has 21 heavy (non-hydrogen) atoms. The number of aromatic amines is 1. The number of carbonyl (C=O) groups is 1. The second kappa shape index (κ2) is 5.60. The van der Waals surface area contributed by atoms with Gasteiger partial charge in [-0.25, -0.2) is 4.98 Å². The molecule has 2 N–H and O–H groups in total. The molecule has 6 heteroatoms. The molecule has 1 amide bonds. The zero-order chi connectivity index (χ0) is 15.0. The molecule has 1 aliphatic carbocycles. The molecule has 0 spiro atoms. The molecular formula is C15H19N3O2S. The van der Waals surface area contributed by atoms with E-state index in [0.717, 1.165) is 29.5 Å². The second-order valence-corrected chi connectivity index (χ2v) is 6.80. The number of H-pyrrole nitrogens is 1. The van der Waals surface area contributed by atoms with Crippen molar-refractivity contribution < 1.29 is 4.79 Å². The lowest BCUT2D eigenvalue weighted by atomic mass is 9.89. The summed E-state index contributed by atoms with van der Waals surface area (Å²) in [7, 11) is 1.61. The lowest BCUT2D eigenvalue weighted by Crippen LogP contribution is -2.20. The summed E-state index contributed by atoms with van der Waals surface area (Å²) in [6.07, 6.45) is 3.95. The molecule has 0 fully saturated rings. The summed E-state index contributed by atoms with van der Waals surface area (Å²) in [6.45, 7) is 2.25. The average Bonchev–Trinajstić information content (AvgIpc) is 2.82. The average molecular weight is 305 g/mol. The standard InChI is InChI=1S/C15H19N3O2S/c1-8-3-4-9-10(7-8)21-15-13(9)14(20)17-11(18-15)5-6-12(19)16-2/h8H,3-7H2,1-2H3,(H,16,19)(H,17,18,20)/t8-/m1/s1. The number of fused-ring (bicyclic) bond motifs is 3. The predicted octanol–water partition coefficient (Wildman–Crippen LogP) is 1.79. The Bertz CT molecular complexity index is 747. The van der Waals surface area contributed by atoms with Crippen LogP contribution in [-0.2, 0) is 24.1 Å². The minimum Gasteiger partial charge on any atom is -0.359 e. The van der Waals surface area contributed by atoms with Crippen molar-refractivity contribution in [2.75, 3.05) is 7.05 Å². The zero-order valence-corrected chi connectivity index (χ0v) is 13.1. The van der Waals surface area contributed by atoms with Gasteiger partial charge >= 0.3 is 0 Å². The maximum Gasteiger partial charge on any atom is 0.259 e. The van der Waals surface area contributed by atoms with Gasteiger partial charge in [0, 0.05) is 24.8 Å². The van der Waals surface area contributed by atoms with Crippen molar-refractivity contribution in [3.05, 3.63) is 26.6 Å². The fraction of sp³-hybridized carbons (Fsp3) is 0.533. The van der Waals surface area contributed by atoms with E-state index in [1.54, 1.807) is 18.4 Å². The quantitative estimate of drug-likeness (QED) is 0.908. The normalized spacial score (nSPS) is 17.7. The Labute approximate surface area is 126 Å². The van der Waals surface area contributed by atoms with Crippen LogP contribution < -0.4 is 10.9 Å². The molecule has 0 aromatic carbocycles. The molecule has 0 bridgehead atoms. The number of amides is 1. The van der Waals surface area contributed by atoms with Gasteiger partial charge in [0.2, 0.25) is 5.91 Å². The Balaban J connectivity index is 1.97. The van der Waals surface area contributed by atoms with Crippen LogP contribution >= 0.6 is 11.3 Å². The summed E-state index contributed by atoms with van der Waals surface area (Å²) in [4.78, 5) is 33.2. The first-order valence-corrected chi connectivity index (χ1v) is 8.14. The summed E-state index contributed by atoms with van der Waals surface area (Å²) in [6, 6.07) is 0. The topological polar surface area (TPSA) is 74.8 Å². The van der Waals surface area contributed by atoms with Crippen LogP contribution in [0, 0.1) is 5.92 Å². The van der Waals surface area contributed by atoms with E-state index in [1.807, 2.05) is 0 Å². The van der Waals surface area contributed by atoms with E-state index >= 15 is 0 Å². The summed E-state index contributed by atoms with van der Waals surface area (Å²) in [5.41, 5.74) is 1.14. The first kappa shape index (κ1) is 14.3. The Morgan fingerprint density at radius 1 is 1.52 bits per heavy atom. The number of rotatable bonds is 3. The third-order valence-corrected chi connectivity index (χ3v) is 5.23. The van der Waals surface area contributed by atoms with E-state index in [0.29, 0.717) is 24.6 Å². The number of aromatic nitrogens is 2. The maximum atomic E-state index is 12.3. The molecule has 2 aromatic rings. The Kier molecular flexibility index (Phi) is 3.80. The number of carbonyl (C=O) groups excluding carboxylic acids is 1. The van der Waals surface area contributed by atoms with Crippen molar-refractivity contribution in [1.82, 2.24) is 15.3 Å². The van der Waals surface area contributed by atoms with Crippen LogP contribution in [-0.4, -0.2) is 22.9 Å². The van der Waals surface area contributed by atoms with Crippen LogP contribution in [0.1, 0.15) is 36.0 Å². The van der Waals surface area contributed by atoms with Gasteiger partial charge < -0.3 is 10.3 Å². The molecule has 0 saturated carbocycles. The molecule has 0 saturated heterocycles. The maximum absolute atomic E-state index is 12.3. The lowest BCUT2D eigenvalue weighted by molar-refractivity contribution is -0.120. The van der Waals surface area contributed by atoms with Crippen LogP contribution in [0.2, 0.25) is 0 Å².